The van der Waals surface area contributed by atoms with E-state index < -0.39 is 11.8 Å². The van der Waals surface area contributed by atoms with Gasteiger partial charge in [0.1, 0.15) is 42.2 Å². The molecule has 0 fully saturated rings. The summed E-state index contributed by atoms with van der Waals surface area (Å²) in [5.74, 6) is -1.05. The molecule has 0 saturated carbocycles. The molecule has 10 bridgehead atoms. The van der Waals surface area contributed by atoms with Gasteiger partial charge in [0.25, 0.3) is 23.6 Å². The first kappa shape index (κ1) is 32.3. The van der Waals surface area contributed by atoms with Gasteiger partial charge in [0.2, 0.25) is 23.6 Å². The molecule has 4 amide bonds. The minimum atomic E-state index is -0.449. The van der Waals surface area contributed by atoms with Crippen molar-refractivity contribution in [1.82, 2.24) is 45.8 Å². The summed E-state index contributed by atoms with van der Waals surface area (Å²) in [6, 6.07) is 9.85. The SMILES string of the molecule is O=C1NCCNCCNC(=O)c2coc(n2)-c2coc(n2)-c2cc(OCCCN3C(=O)c4ccccc4C3=O)cc(n2)-c2nc(co2)-c2nc1co2. The zero-order valence-electron chi connectivity index (χ0n) is 27.1. The maximum Gasteiger partial charge on any atom is 0.273 e. The number of amides is 4. The Labute approximate surface area is 292 Å². The minimum Gasteiger partial charge on any atom is -0.493 e. The van der Waals surface area contributed by atoms with Gasteiger partial charge in [0, 0.05) is 44.9 Å². The second-order valence-electron chi connectivity index (χ2n) is 11.5. The molecule has 6 aromatic rings. The van der Waals surface area contributed by atoms with Crippen molar-refractivity contribution in [3.63, 3.8) is 0 Å². The maximum atomic E-state index is 12.8. The number of hydrogen-bond acceptors (Lipinski definition) is 15. The van der Waals surface area contributed by atoms with E-state index in [1.54, 1.807) is 36.4 Å². The second-order valence-corrected chi connectivity index (χ2v) is 11.5. The first-order chi connectivity index (χ1) is 25.4. The first-order valence-corrected chi connectivity index (χ1v) is 16.1. The lowest BCUT2D eigenvalue weighted by Gasteiger charge is -2.14. The van der Waals surface area contributed by atoms with Crippen LogP contribution in [-0.2, 0) is 0 Å². The number of hydrogen-bond donors (Lipinski definition) is 3. The zero-order chi connectivity index (χ0) is 35.6. The number of carbonyl (C=O) groups excluding carboxylic acids is 4. The quantitative estimate of drug-likeness (QED) is 0.173. The van der Waals surface area contributed by atoms with Crippen LogP contribution in [0.1, 0.15) is 48.1 Å². The fourth-order valence-corrected chi connectivity index (χ4v) is 5.47. The lowest BCUT2D eigenvalue weighted by atomic mass is 10.1. The molecule has 2 aliphatic rings. The predicted molar refractivity (Wildman–Crippen MR) is 176 cm³/mol. The van der Waals surface area contributed by atoms with E-state index in [0.717, 1.165) is 0 Å². The van der Waals surface area contributed by atoms with E-state index in [1.807, 2.05) is 0 Å². The Morgan fingerprint density at radius 2 is 1.06 bits per heavy atom. The van der Waals surface area contributed by atoms with Gasteiger partial charge >= 0.3 is 0 Å². The molecule has 0 saturated heterocycles. The summed E-state index contributed by atoms with van der Waals surface area (Å²) in [5.41, 5.74) is 1.70. The minimum absolute atomic E-state index is 0.0463. The molecule has 7 heterocycles. The summed E-state index contributed by atoms with van der Waals surface area (Å²) in [5, 5.41) is 8.60. The van der Waals surface area contributed by atoms with Crippen molar-refractivity contribution in [2.24, 2.45) is 0 Å². The Balaban J connectivity index is 1.07. The average Bonchev–Trinajstić information content (AvgIpc) is 4.01. The molecule has 262 valence electrons. The number of nitrogens with zero attached hydrogens (tertiary/aromatic N) is 6. The van der Waals surface area contributed by atoms with Crippen LogP contribution in [0.5, 0.6) is 5.75 Å². The van der Waals surface area contributed by atoms with Gasteiger partial charge < -0.3 is 38.4 Å². The van der Waals surface area contributed by atoms with Gasteiger partial charge in [-0.2, -0.15) is 0 Å². The van der Waals surface area contributed by atoms with Gasteiger partial charge in [0.15, 0.2) is 22.8 Å². The lowest BCUT2D eigenvalue weighted by Crippen LogP contribution is -2.36. The molecule has 0 atom stereocenters. The van der Waals surface area contributed by atoms with E-state index in [1.165, 1.54) is 30.0 Å². The average molecular weight is 706 g/mol. The zero-order valence-corrected chi connectivity index (χ0v) is 27.1. The van der Waals surface area contributed by atoms with E-state index in [9.17, 15) is 19.2 Å². The van der Waals surface area contributed by atoms with Crippen LogP contribution in [0.3, 0.4) is 0 Å². The van der Waals surface area contributed by atoms with Crippen LogP contribution < -0.4 is 20.7 Å². The summed E-state index contributed by atoms with van der Waals surface area (Å²) in [7, 11) is 0. The van der Waals surface area contributed by atoms with Crippen molar-refractivity contribution in [1.29, 1.82) is 0 Å². The fraction of sp³-hybridized carbons (Fsp3) is 0.206. The van der Waals surface area contributed by atoms with Crippen LogP contribution in [0.2, 0.25) is 0 Å². The van der Waals surface area contributed by atoms with Crippen molar-refractivity contribution < 1.29 is 41.6 Å². The number of nitrogens with one attached hydrogen (secondary N) is 3. The van der Waals surface area contributed by atoms with Crippen molar-refractivity contribution in [3.8, 4) is 52.1 Å². The van der Waals surface area contributed by atoms with E-state index in [4.69, 9.17) is 22.4 Å². The molecule has 1 aromatic carbocycles. The van der Waals surface area contributed by atoms with Crippen molar-refractivity contribution in [2.75, 3.05) is 39.3 Å². The highest BCUT2D eigenvalue weighted by Crippen LogP contribution is 2.31. The van der Waals surface area contributed by atoms with Crippen LogP contribution in [0.4, 0.5) is 0 Å². The third-order valence-corrected chi connectivity index (χ3v) is 8.00. The molecular weight excluding hydrogens is 678 g/mol. The van der Waals surface area contributed by atoms with Gasteiger partial charge in [-0.25, -0.2) is 24.9 Å². The molecule has 0 unspecified atom stereocenters. The van der Waals surface area contributed by atoms with Crippen molar-refractivity contribution in [2.45, 2.75) is 6.42 Å². The highest BCUT2D eigenvalue weighted by molar-refractivity contribution is 6.21. The third kappa shape index (κ3) is 6.40. The number of fused-ring (bicyclic) bond motifs is 15. The van der Waals surface area contributed by atoms with E-state index in [0.29, 0.717) is 49.5 Å². The number of rotatable bonds is 5. The Morgan fingerprint density at radius 3 is 1.58 bits per heavy atom. The van der Waals surface area contributed by atoms with Crippen LogP contribution in [-0.4, -0.2) is 92.8 Å². The maximum absolute atomic E-state index is 12.8. The van der Waals surface area contributed by atoms with Crippen LogP contribution in [0.15, 0.2) is 79.1 Å². The standard InChI is InChI=1S/C34H27N9O9/c44-27-23-14-49-31(39-23)25-16-51-29(41-25)21-12-18(48-11-3-10-43-33(46)19-4-1-2-5-20(19)34(43)47)13-22(38-21)30-42-26(17-52-30)32-40-24(15-50-32)28(45)37-9-7-35-6-8-36-27/h1-2,4-5,12-17,35H,3,6-11H2,(H,36,44)(H,37,45). The number of pyridine rings is 1. The first-order valence-electron chi connectivity index (χ1n) is 16.1. The van der Waals surface area contributed by atoms with Crippen molar-refractivity contribution >= 4 is 23.6 Å². The van der Waals surface area contributed by atoms with Crippen molar-refractivity contribution in [3.05, 3.63) is 84.0 Å². The van der Waals surface area contributed by atoms with E-state index in [2.05, 4.69) is 40.9 Å². The van der Waals surface area contributed by atoms with Gasteiger partial charge in [-0.1, -0.05) is 12.1 Å². The summed E-state index contributed by atoms with van der Waals surface area (Å²) in [4.78, 5) is 74.1. The predicted octanol–water partition coefficient (Wildman–Crippen LogP) is 2.83. The summed E-state index contributed by atoms with van der Waals surface area (Å²) < 4.78 is 28.5. The van der Waals surface area contributed by atoms with Gasteiger partial charge in [-0.3, -0.25) is 24.1 Å². The van der Waals surface area contributed by atoms with Crippen LogP contribution >= 0.6 is 0 Å². The summed E-state index contributed by atoms with van der Waals surface area (Å²) >= 11 is 0. The van der Waals surface area contributed by atoms with E-state index in [-0.39, 0.29) is 82.7 Å². The number of carbonyl (C=O) groups is 4. The van der Waals surface area contributed by atoms with Gasteiger partial charge in [-0.05, 0) is 18.6 Å². The molecule has 52 heavy (non-hydrogen) atoms. The molecule has 0 spiro atoms. The number of imide groups is 1. The summed E-state index contributed by atoms with van der Waals surface area (Å²) in [6.07, 6.45) is 5.38. The van der Waals surface area contributed by atoms with Crippen LogP contribution in [0.25, 0.3) is 46.3 Å². The number of benzene rings is 1. The lowest BCUT2D eigenvalue weighted by molar-refractivity contribution is 0.0646. The number of oxazole rings is 4. The largest absolute Gasteiger partial charge is 0.493 e. The molecule has 3 N–H and O–H groups in total. The highest BCUT2D eigenvalue weighted by Gasteiger charge is 2.34. The van der Waals surface area contributed by atoms with Gasteiger partial charge in [0.05, 0.1) is 17.7 Å². The highest BCUT2D eigenvalue weighted by atomic mass is 16.5. The molecule has 18 heteroatoms. The number of aromatic nitrogens is 5. The Morgan fingerprint density at radius 1 is 0.596 bits per heavy atom. The third-order valence-electron chi connectivity index (χ3n) is 8.00. The van der Waals surface area contributed by atoms with Gasteiger partial charge in [-0.15, -0.1) is 0 Å². The molecule has 2 aliphatic heterocycles. The molecule has 0 radical (unpaired) electrons. The summed E-state index contributed by atoms with van der Waals surface area (Å²) in [6.45, 7) is 1.74. The van der Waals surface area contributed by atoms with Crippen LogP contribution in [0, 0.1) is 0 Å². The Kier molecular flexibility index (Phi) is 8.53. The Hall–Kier alpha value is -6.95. The molecule has 18 nitrogen and oxygen atoms in total. The smallest absolute Gasteiger partial charge is 0.273 e. The second kappa shape index (κ2) is 13.8. The fourth-order valence-electron chi connectivity index (χ4n) is 5.47. The molecule has 0 aliphatic carbocycles. The normalized spacial score (nSPS) is 14.8. The molecule has 8 rings (SSSR count). The number of ether oxygens (including phenoxy) is 1. The monoisotopic (exact) mass is 705 g/mol. The molecule has 5 aromatic heterocycles. The Bertz CT molecular complexity index is 2170. The van der Waals surface area contributed by atoms with E-state index >= 15 is 0 Å². The topological polar surface area (TPSA) is 234 Å². The molecular formula is C34H27N9O9.